The van der Waals surface area contributed by atoms with Gasteiger partial charge in [0.25, 0.3) is 0 Å². The highest BCUT2D eigenvalue weighted by Gasteiger charge is 2.30. The molecule has 1 aliphatic rings. The first-order valence-corrected chi connectivity index (χ1v) is 11.1. The number of aliphatic hydroxyl groups is 1. The molecule has 3 amide bonds. The predicted octanol–water partition coefficient (Wildman–Crippen LogP) is 2.30. The summed E-state index contributed by atoms with van der Waals surface area (Å²) in [5.41, 5.74) is 2.29. The van der Waals surface area contributed by atoms with Crippen molar-refractivity contribution in [2.75, 3.05) is 37.4 Å². The molecule has 10 heteroatoms. The maximum atomic E-state index is 13.1. The highest BCUT2D eigenvalue weighted by molar-refractivity contribution is 6.00. The summed E-state index contributed by atoms with van der Waals surface area (Å²) >= 11 is 0. The van der Waals surface area contributed by atoms with Crippen LogP contribution in [0.4, 0.5) is 16.2 Å². The largest absolute Gasteiger partial charge is 0.488 e. The number of likely N-dealkylation sites (N-methyl/N-ethyl adjacent to an activating group) is 1. The number of nitrogens with zero attached hydrogens (tertiary/aromatic N) is 2. The summed E-state index contributed by atoms with van der Waals surface area (Å²) in [6.07, 6.45) is -0.0747. The number of anilines is 2. The van der Waals surface area contributed by atoms with E-state index in [0.717, 1.165) is 0 Å². The lowest BCUT2D eigenvalue weighted by Gasteiger charge is -2.32. The number of aliphatic hydroxyl groups excluding tert-OH is 1. The molecule has 1 aliphatic heterocycles. The van der Waals surface area contributed by atoms with Gasteiger partial charge >= 0.3 is 6.03 Å². The van der Waals surface area contributed by atoms with Gasteiger partial charge in [0.05, 0.1) is 19.1 Å². The van der Waals surface area contributed by atoms with Crippen molar-refractivity contribution < 1.29 is 24.0 Å². The molecule has 1 aromatic heterocycles. The summed E-state index contributed by atoms with van der Waals surface area (Å²) in [5.74, 6) is 1.06. The summed E-state index contributed by atoms with van der Waals surface area (Å²) in [6.45, 7) is 8.29. The van der Waals surface area contributed by atoms with E-state index < -0.39 is 6.03 Å². The summed E-state index contributed by atoms with van der Waals surface area (Å²) in [5, 5.41) is 22.2. The van der Waals surface area contributed by atoms with Crippen LogP contribution in [0.25, 0.3) is 0 Å². The van der Waals surface area contributed by atoms with E-state index in [1.807, 2.05) is 20.9 Å². The van der Waals surface area contributed by atoms with Gasteiger partial charge in [-0.15, -0.1) is 0 Å². The minimum atomic E-state index is -0.447. The van der Waals surface area contributed by atoms with Crippen LogP contribution in [0.1, 0.15) is 30.9 Å². The fourth-order valence-electron chi connectivity index (χ4n) is 3.89. The van der Waals surface area contributed by atoms with Crippen LogP contribution in [-0.4, -0.2) is 66.0 Å². The maximum absolute atomic E-state index is 13.1. The SMILES string of the molecule is CNC[C@@H]1Oc2ccc(NC(=O)Nc3c(C)noc3C)cc2CC(=O)N([C@H](C)CO)C[C@@H]1C. The molecule has 1 aromatic carbocycles. The number of rotatable bonds is 6. The molecule has 2 heterocycles. The number of hydrogen-bond acceptors (Lipinski definition) is 7. The van der Waals surface area contributed by atoms with Crippen molar-refractivity contribution in [3.63, 3.8) is 0 Å². The number of carbonyl (C=O) groups excluding carboxylic acids is 2. The first-order valence-electron chi connectivity index (χ1n) is 11.1. The van der Waals surface area contributed by atoms with Gasteiger partial charge in [0, 0.05) is 30.3 Å². The normalized spacial score (nSPS) is 19.6. The van der Waals surface area contributed by atoms with Gasteiger partial charge in [0.1, 0.15) is 23.2 Å². The first-order chi connectivity index (χ1) is 15.7. The van der Waals surface area contributed by atoms with E-state index >= 15 is 0 Å². The van der Waals surface area contributed by atoms with Crippen molar-refractivity contribution in [1.29, 1.82) is 0 Å². The van der Waals surface area contributed by atoms with Gasteiger partial charge in [-0.25, -0.2) is 4.79 Å². The predicted molar refractivity (Wildman–Crippen MR) is 125 cm³/mol. The highest BCUT2D eigenvalue weighted by Crippen LogP contribution is 2.29. The number of nitrogens with one attached hydrogen (secondary N) is 3. The molecule has 33 heavy (non-hydrogen) atoms. The molecule has 0 bridgehead atoms. The maximum Gasteiger partial charge on any atom is 0.323 e. The van der Waals surface area contributed by atoms with E-state index in [4.69, 9.17) is 9.26 Å². The fourth-order valence-corrected chi connectivity index (χ4v) is 3.89. The second-order valence-electron chi connectivity index (χ2n) is 8.55. The Labute approximate surface area is 193 Å². The molecule has 0 unspecified atom stereocenters. The first kappa shape index (κ1) is 24.5. The lowest BCUT2D eigenvalue weighted by molar-refractivity contribution is -0.134. The number of benzene rings is 1. The Morgan fingerprint density at radius 2 is 2.09 bits per heavy atom. The lowest BCUT2D eigenvalue weighted by atomic mass is 10.0. The summed E-state index contributed by atoms with van der Waals surface area (Å²) in [7, 11) is 1.85. The van der Waals surface area contributed by atoms with Crippen molar-refractivity contribution in [3.05, 3.63) is 35.2 Å². The number of aromatic nitrogens is 1. The molecule has 3 atom stereocenters. The molecule has 0 fully saturated rings. The van der Waals surface area contributed by atoms with Crippen LogP contribution in [-0.2, 0) is 11.2 Å². The Morgan fingerprint density at radius 3 is 2.73 bits per heavy atom. The minimum Gasteiger partial charge on any atom is -0.488 e. The zero-order valence-corrected chi connectivity index (χ0v) is 19.8. The van der Waals surface area contributed by atoms with Crippen LogP contribution in [0.2, 0.25) is 0 Å². The van der Waals surface area contributed by atoms with Crippen molar-refractivity contribution in [2.24, 2.45) is 5.92 Å². The van der Waals surface area contributed by atoms with Gasteiger partial charge in [-0.3, -0.25) is 4.79 Å². The van der Waals surface area contributed by atoms with Crippen LogP contribution in [0.15, 0.2) is 22.7 Å². The van der Waals surface area contributed by atoms with Crippen molar-refractivity contribution in [1.82, 2.24) is 15.4 Å². The molecule has 0 saturated carbocycles. The van der Waals surface area contributed by atoms with E-state index in [2.05, 4.69) is 21.1 Å². The molecule has 0 saturated heterocycles. The van der Waals surface area contributed by atoms with Crippen LogP contribution in [0.3, 0.4) is 0 Å². The van der Waals surface area contributed by atoms with E-state index in [9.17, 15) is 14.7 Å². The molecule has 0 aliphatic carbocycles. The van der Waals surface area contributed by atoms with Crippen molar-refractivity contribution >= 4 is 23.3 Å². The third-order valence-corrected chi connectivity index (χ3v) is 5.85. The third-order valence-electron chi connectivity index (χ3n) is 5.85. The van der Waals surface area contributed by atoms with E-state index in [1.165, 1.54) is 0 Å². The molecule has 4 N–H and O–H groups in total. The molecule has 180 valence electrons. The van der Waals surface area contributed by atoms with Gasteiger partial charge in [0.2, 0.25) is 5.91 Å². The fraction of sp³-hybridized carbons (Fsp3) is 0.522. The lowest BCUT2D eigenvalue weighted by Crippen LogP contribution is -2.47. The second-order valence-corrected chi connectivity index (χ2v) is 8.55. The van der Waals surface area contributed by atoms with E-state index in [1.54, 1.807) is 36.9 Å². The average molecular weight is 460 g/mol. The van der Waals surface area contributed by atoms with Gasteiger partial charge in [-0.1, -0.05) is 12.1 Å². The van der Waals surface area contributed by atoms with Crippen LogP contribution >= 0.6 is 0 Å². The van der Waals surface area contributed by atoms with Gasteiger partial charge < -0.3 is 35.2 Å². The summed E-state index contributed by atoms with van der Waals surface area (Å²) in [4.78, 5) is 27.4. The molecule has 2 aromatic rings. The highest BCUT2D eigenvalue weighted by atomic mass is 16.5. The Morgan fingerprint density at radius 1 is 1.33 bits per heavy atom. The van der Waals surface area contributed by atoms with Crippen LogP contribution in [0, 0.1) is 19.8 Å². The molecular weight excluding hydrogens is 426 g/mol. The zero-order chi connectivity index (χ0) is 24.1. The number of carbonyl (C=O) groups is 2. The van der Waals surface area contributed by atoms with Gasteiger partial charge in [-0.2, -0.15) is 0 Å². The quantitative estimate of drug-likeness (QED) is 0.522. The standard InChI is InChI=1S/C23H33N5O5/c1-13-11-28(14(2)12-29)21(30)9-17-8-18(6-7-19(17)32-20(13)10-24-5)25-23(31)26-22-15(3)27-33-16(22)4/h6-8,13-14,20,24,29H,9-12H2,1-5H3,(H2,25,26,31)/t13-,14+,20-/m0/s1. The summed E-state index contributed by atoms with van der Waals surface area (Å²) < 4.78 is 11.4. The summed E-state index contributed by atoms with van der Waals surface area (Å²) in [6, 6.07) is 4.50. The smallest absolute Gasteiger partial charge is 0.323 e. The average Bonchev–Trinajstić information content (AvgIpc) is 3.11. The van der Waals surface area contributed by atoms with E-state index in [0.29, 0.717) is 47.2 Å². The molecule has 0 radical (unpaired) electrons. The number of ether oxygens (including phenoxy) is 1. The number of amides is 3. The third kappa shape index (κ3) is 5.82. The van der Waals surface area contributed by atoms with Crippen LogP contribution < -0.4 is 20.7 Å². The Balaban J connectivity index is 1.86. The van der Waals surface area contributed by atoms with Gasteiger partial charge in [-0.05, 0) is 46.0 Å². The Hall–Kier alpha value is -3.11. The molecule has 10 nitrogen and oxygen atoms in total. The molecular formula is C23H33N5O5. The topological polar surface area (TPSA) is 129 Å². The monoisotopic (exact) mass is 459 g/mol. The number of aryl methyl sites for hydroxylation is 2. The number of fused-ring (bicyclic) bond motifs is 1. The molecule has 0 spiro atoms. The number of hydrogen-bond donors (Lipinski definition) is 4. The Kier molecular flexibility index (Phi) is 7.93. The minimum absolute atomic E-state index is 0.0416. The van der Waals surface area contributed by atoms with Crippen LogP contribution in [0.5, 0.6) is 5.75 Å². The molecule has 3 rings (SSSR count). The van der Waals surface area contributed by atoms with Crippen molar-refractivity contribution in [3.8, 4) is 5.75 Å². The zero-order valence-electron chi connectivity index (χ0n) is 19.8. The van der Waals surface area contributed by atoms with Gasteiger partial charge in [0.15, 0.2) is 5.76 Å². The van der Waals surface area contributed by atoms with Crippen molar-refractivity contribution in [2.45, 2.75) is 46.3 Å². The number of urea groups is 1. The Bertz CT molecular complexity index is 972. The second kappa shape index (κ2) is 10.7. The van der Waals surface area contributed by atoms with E-state index in [-0.39, 0.29) is 37.0 Å².